The molecule has 2 aromatic rings. The van der Waals surface area contributed by atoms with Crippen LogP contribution in [0, 0.1) is 0 Å². The molecule has 1 N–H and O–H groups in total. The number of aromatic nitrogens is 6. The molecule has 1 unspecified atom stereocenters. The Bertz CT molecular complexity index is 618. The molecule has 1 saturated heterocycles. The summed E-state index contributed by atoms with van der Waals surface area (Å²) in [5, 5.41) is 21.3. The van der Waals surface area contributed by atoms with Crippen molar-refractivity contribution >= 4 is 24.2 Å². The minimum Gasteiger partial charge on any atom is -0.316 e. The number of piperidine rings is 1. The molecule has 2 aromatic heterocycles. The van der Waals surface area contributed by atoms with Crippen molar-refractivity contribution in [2.24, 2.45) is 7.05 Å². The maximum absolute atomic E-state index is 4.41. The molecule has 0 aromatic carbocycles. The van der Waals surface area contributed by atoms with E-state index in [0.717, 1.165) is 35.6 Å². The van der Waals surface area contributed by atoms with Crippen molar-refractivity contribution < 1.29 is 0 Å². The molecule has 7 nitrogen and oxygen atoms in total. The topological polar surface area (TPSA) is 73.4 Å². The van der Waals surface area contributed by atoms with E-state index in [1.165, 1.54) is 12.8 Å². The standard InChI is InChI=1S/C14H23N7S.ClH/c1-10(2)21-9-16-17-12(21)8-22-14-19-18-13(20(14)3)11-5-4-6-15-7-11;/h9-11,15H,4-8H2,1-3H3;1H. The Morgan fingerprint density at radius 2 is 2.17 bits per heavy atom. The van der Waals surface area contributed by atoms with Crippen LogP contribution in [0.4, 0.5) is 0 Å². The Morgan fingerprint density at radius 1 is 1.35 bits per heavy atom. The van der Waals surface area contributed by atoms with Crippen molar-refractivity contribution in [2.75, 3.05) is 13.1 Å². The van der Waals surface area contributed by atoms with Gasteiger partial charge in [0, 0.05) is 25.6 Å². The molecular weight excluding hydrogens is 334 g/mol. The van der Waals surface area contributed by atoms with E-state index >= 15 is 0 Å². The van der Waals surface area contributed by atoms with Crippen LogP contribution in [0.1, 0.15) is 50.3 Å². The first-order chi connectivity index (χ1) is 10.7. The van der Waals surface area contributed by atoms with E-state index in [9.17, 15) is 0 Å². The van der Waals surface area contributed by atoms with Gasteiger partial charge in [0.25, 0.3) is 0 Å². The number of rotatable bonds is 5. The minimum atomic E-state index is 0. The highest BCUT2D eigenvalue weighted by Crippen LogP contribution is 2.26. The van der Waals surface area contributed by atoms with Gasteiger partial charge in [-0.3, -0.25) is 0 Å². The van der Waals surface area contributed by atoms with E-state index in [-0.39, 0.29) is 12.4 Å². The van der Waals surface area contributed by atoms with Gasteiger partial charge in [-0.2, -0.15) is 0 Å². The number of halogens is 1. The molecule has 1 aliphatic heterocycles. The summed E-state index contributed by atoms with van der Waals surface area (Å²) in [6, 6.07) is 0.369. The predicted molar refractivity (Wildman–Crippen MR) is 93.1 cm³/mol. The smallest absolute Gasteiger partial charge is 0.191 e. The second-order valence-electron chi connectivity index (χ2n) is 5.98. The predicted octanol–water partition coefficient (Wildman–Crippen LogP) is 2.17. The van der Waals surface area contributed by atoms with Crippen molar-refractivity contribution in [1.82, 2.24) is 34.8 Å². The molecule has 0 bridgehead atoms. The lowest BCUT2D eigenvalue weighted by Crippen LogP contribution is -2.29. The fourth-order valence-corrected chi connectivity index (χ4v) is 3.66. The van der Waals surface area contributed by atoms with Gasteiger partial charge in [-0.25, -0.2) is 0 Å². The van der Waals surface area contributed by atoms with Gasteiger partial charge in [-0.05, 0) is 33.2 Å². The Labute approximate surface area is 147 Å². The zero-order valence-electron chi connectivity index (χ0n) is 13.8. The van der Waals surface area contributed by atoms with Gasteiger partial charge in [0.1, 0.15) is 18.0 Å². The number of hydrogen-bond acceptors (Lipinski definition) is 6. The molecule has 23 heavy (non-hydrogen) atoms. The lowest BCUT2D eigenvalue weighted by atomic mass is 9.99. The maximum atomic E-state index is 4.41. The van der Waals surface area contributed by atoms with Crippen molar-refractivity contribution in [1.29, 1.82) is 0 Å². The first kappa shape index (κ1) is 18.2. The number of nitrogens with one attached hydrogen (secondary N) is 1. The van der Waals surface area contributed by atoms with E-state index in [0.29, 0.717) is 12.0 Å². The van der Waals surface area contributed by atoms with E-state index < -0.39 is 0 Å². The summed E-state index contributed by atoms with van der Waals surface area (Å²) < 4.78 is 4.22. The van der Waals surface area contributed by atoms with E-state index in [4.69, 9.17) is 0 Å². The first-order valence-electron chi connectivity index (χ1n) is 7.78. The van der Waals surface area contributed by atoms with Gasteiger partial charge in [0.2, 0.25) is 0 Å². The van der Waals surface area contributed by atoms with Gasteiger partial charge in [0.15, 0.2) is 5.16 Å². The molecule has 0 amide bonds. The molecular formula is C14H24ClN7S. The average molecular weight is 358 g/mol. The Morgan fingerprint density at radius 3 is 2.87 bits per heavy atom. The molecule has 0 spiro atoms. The lowest BCUT2D eigenvalue weighted by molar-refractivity contribution is 0.436. The highest BCUT2D eigenvalue weighted by molar-refractivity contribution is 7.98. The fraction of sp³-hybridized carbons (Fsp3) is 0.714. The van der Waals surface area contributed by atoms with Crippen LogP contribution in [-0.4, -0.2) is 42.6 Å². The SMILES string of the molecule is CC(C)n1cnnc1CSc1nnc(C2CCCNC2)n1C.Cl. The molecule has 1 aliphatic rings. The molecule has 9 heteroatoms. The second-order valence-corrected chi connectivity index (χ2v) is 6.92. The summed E-state index contributed by atoms with van der Waals surface area (Å²) in [6.45, 7) is 6.38. The van der Waals surface area contributed by atoms with Crippen LogP contribution in [0.2, 0.25) is 0 Å². The fourth-order valence-electron chi connectivity index (χ4n) is 2.81. The Kier molecular flexibility index (Phi) is 6.43. The number of thioether (sulfide) groups is 1. The van der Waals surface area contributed by atoms with Crippen molar-refractivity contribution in [2.45, 2.75) is 49.6 Å². The normalized spacial score (nSPS) is 18.2. The highest BCUT2D eigenvalue weighted by atomic mass is 35.5. The largest absolute Gasteiger partial charge is 0.316 e. The highest BCUT2D eigenvalue weighted by Gasteiger charge is 2.22. The molecule has 3 heterocycles. The monoisotopic (exact) mass is 357 g/mol. The van der Waals surface area contributed by atoms with E-state index in [1.807, 2.05) is 0 Å². The molecule has 3 rings (SSSR count). The van der Waals surface area contributed by atoms with E-state index in [1.54, 1.807) is 18.1 Å². The summed E-state index contributed by atoms with van der Waals surface area (Å²) in [7, 11) is 2.06. The van der Waals surface area contributed by atoms with Crippen molar-refractivity contribution in [3.63, 3.8) is 0 Å². The van der Waals surface area contributed by atoms with Crippen LogP contribution >= 0.6 is 24.2 Å². The molecule has 128 valence electrons. The average Bonchev–Trinajstić information content (AvgIpc) is 3.13. The van der Waals surface area contributed by atoms with Gasteiger partial charge in [0.05, 0.1) is 5.75 Å². The van der Waals surface area contributed by atoms with Gasteiger partial charge in [-0.15, -0.1) is 32.8 Å². The van der Waals surface area contributed by atoms with Gasteiger partial charge < -0.3 is 14.5 Å². The summed E-state index contributed by atoms with van der Waals surface area (Å²) in [5.41, 5.74) is 0. The maximum Gasteiger partial charge on any atom is 0.191 e. The van der Waals surface area contributed by atoms with Crippen LogP contribution in [0.15, 0.2) is 11.5 Å². The lowest BCUT2D eigenvalue weighted by Gasteiger charge is -2.21. The van der Waals surface area contributed by atoms with Gasteiger partial charge in [-0.1, -0.05) is 11.8 Å². The minimum absolute atomic E-state index is 0. The Hall–Kier alpha value is -1.12. The molecule has 0 radical (unpaired) electrons. The Balaban J connectivity index is 0.00000192. The molecule has 0 aliphatic carbocycles. The molecule has 1 fully saturated rings. The molecule has 0 saturated carbocycles. The number of nitrogens with zero attached hydrogens (tertiary/aromatic N) is 6. The zero-order chi connectivity index (χ0) is 15.5. The van der Waals surface area contributed by atoms with Gasteiger partial charge >= 0.3 is 0 Å². The first-order valence-corrected chi connectivity index (χ1v) is 8.76. The van der Waals surface area contributed by atoms with Crippen LogP contribution in [-0.2, 0) is 12.8 Å². The summed E-state index contributed by atoms with van der Waals surface area (Å²) in [4.78, 5) is 0. The second kappa shape index (κ2) is 8.12. The number of hydrogen-bond donors (Lipinski definition) is 1. The molecule has 1 atom stereocenters. The van der Waals surface area contributed by atoms with Crippen molar-refractivity contribution in [3.8, 4) is 0 Å². The van der Waals surface area contributed by atoms with Crippen LogP contribution < -0.4 is 5.32 Å². The third-order valence-electron chi connectivity index (χ3n) is 4.06. The quantitative estimate of drug-likeness (QED) is 0.827. The van der Waals surface area contributed by atoms with Crippen molar-refractivity contribution in [3.05, 3.63) is 18.0 Å². The van der Waals surface area contributed by atoms with Crippen LogP contribution in [0.3, 0.4) is 0 Å². The summed E-state index contributed by atoms with van der Waals surface area (Å²) in [5.74, 6) is 3.29. The zero-order valence-corrected chi connectivity index (χ0v) is 15.4. The summed E-state index contributed by atoms with van der Waals surface area (Å²) >= 11 is 1.67. The van der Waals surface area contributed by atoms with Crippen LogP contribution in [0.25, 0.3) is 0 Å². The third kappa shape index (κ3) is 4.05. The summed E-state index contributed by atoms with van der Waals surface area (Å²) in [6.07, 6.45) is 4.18. The van der Waals surface area contributed by atoms with E-state index in [2.05, 4.69) is 55.7 Å². The third-order valence-corrected chi connectivity index (χ3v) is 5.08. The van der Waals surface area contributed by atoms with Crippen LogP contribution in [0.5, 0.6) is 0 Å².